The molecule has 162 valence electrons. The van der Waals surface area contributed by atoms with E-state index >= 15 is 0 Å². The summed E-state index contributed by atoms with van der Waals surface area (Å²) in [6.07, 6.45) is 1.03. The van der Waals surface area contributed by atoms with Gasteiger partial charge in [0.2, 0.25) is 0 Å². The van der Waals surface area contributed by atoms with Crippen molar-refractivity contribution in [1.82, 2.24) is 0 Å². The molecule has 2 aromatic carbocycles. The molecule has 0 radical (unpaired) electrons. The van der Waals surface area contributed by atoms with Gasteiger partial charge in [0.05, 0.1) is 19.8 Å². The highest BCUT2D eigenvalue weighted by Crippen LogP contribution is 2.19. The van der Waals surface area contributed by atoms with E-state index in [1.807, 2.05) is 57.2 Å². The summed E-state index contributed by atoms with van der Waals surface area (Å²) in [7, 11) is 0. The van der Waals surface area contributed by atoms with Crippen molar-refractivity contribution >= 4 is 0 Å². The number of ether oxygens (including phenoxy) is 5. The summed E-state index contributed by atoms with van der Waals surface area (Å²) in [5.41, 5.74) is 1.30. The summed E-state index contributed by atoms with van der Waals surface area (Å²) >= 11 is 0. The molecule has 0 amide bonds. The zero-order valence-corrected chi connectivity index (χ0v) is 18.3. The average molecular weight is 405 g/mol. The van der Waals surface area contributed by atoms with E-state index in [4.69, 9.17) is 23.7 Å². The third kappa shape index (κ3) is 11.4. The molecule has 0 heterocycles. The van der Waals surface area contributed by atoms with Crippen LogP contribution in [0.5, 0.6) is 17.2 Å². The van der Waals surface area contributed by atoms with Crippen molar-refractivity contribution in [1.29, 1.82) is 0 Å². The molecule has 2 aromatic rings. The van der Waals surface area contributed by atoms with Crippen LogP contribution in [-0.4, -0.2) is 46.2 Å². The Balaban J connectivity index is 0.00000204. The fourth-order valence-corrected chi connectivity index (χ4v) is 2.38. The number of rotatable bonds is 14. The van der Waals surface area contributed by atoms with Crippen molar-refractivity contribution in [3.8, 4) is 17.2 Å². The molecule has 0 saturated heterocycles. The number of benzene rings is 2. The van der Waals surface area contributed by atoms with Crippen LogP contribution in [0.2, 0.25) is 0 Å². The molecule has 29 heavy (non-hydrogen) atoms. The molecule has 0 bridgehead atoms. The van der Waals surface area contributed by atoms with Crippen molar-refractivity contribution in [3.63, 3.8) is 0 Å². The smallest absolute Gasteiger partial charge is 0.123 e. The Labute approximate surface area is 175 Å². The molecule has 2 rings (SSSR count). The Morgan fingerprint density at radius 1 is 0.586 bits per heavy atom. The first-order valence-corrected chi connectivity index (χ1v) is 10.5. The Morgan fingerprint density at radius 2 is 1.10 bits per heavy atom. The van der Waals surface area contributed by atoms with Gasteiger partial charge in [-0.1, -0.05) is 39.0 Å². The minimum atomic E-state index is 0.472. The highest BCUT2D eigenvalue weighted by Gasteiger charge is 2.00. The molecule has 5 heteroatoms. The topological polar surface area (TPSA) is 46.2 Å². The predicted octanol–water partition coefficient (Wildman–Crippen LogP) is 5.16. The van der Waals surface area contributed by atoms with Gasteiger partial charge >= 0.3 is 0 Å². The third-order valence-corrected chi connectivity index (χ3v) is 3.83. The van der Waals surface area contributed by atoms with Gasteiger partial charge in [0, 0.05) is 12.7 Å². The zero-order chi connectivity index (χ0) is 21.2. The lowest BCUT2D eigenvalue weighted by Gasteiger charge is -2.11. The number of hydrogen-bond acceptors (Lipinski definition) is 5. The molecule has 0 spiro atoms. The van der Waals surface area contributed by atoms with Crippen molar-refractivity contribution in [2.45, 2.75) is 34.1 Å². The molecule has 0 aliphatic carbocycles. The van der Waals surface area contributed by atoms with Crippen LogP contribution in [0, 0.1) is 0 Å². The maximum atomic E-state index is 5.73. The van der Waals surface area contributed by atoms with Gasteiger partial charge in [-0.15, -0.1) is 0 Å². The molecule has 0 atom stereocenters. The Kier molecular flexibility index (Phi) is 14.3. The van der Waals surface area contributed by atoms with Gasteiger partial charge in [-0.3, -0.25) is 0 Å². The lowest BCUT2D eigenvalue weighted by molar-refractivity contribution is 0.0404. The van der Waals surface area contributed by atoms with Crippen molar-refractivity contribution in [2.24, 2.45) is 0 Å². The molecule has 0 saturated carbocycles. The van der Waals surface area contributed by atoms with Gasteiger partial charge in [0.25, 0.3) is 0 Å². The van der Waals surface area contributed by atoms with Crippen molar-refractivity contribution in [2.75, 3.05) is 46.2 Å². The monoisotopic (exact) mass is 404 g/mol. The summed E-state index contributed by atoms with van der Waals surface area (Å²) < 4.78 is 27.7. The fraction of sp³-hybridized carbons (Fsp3) is 0.500. The summed E-state index contributed by atoms with van der Waals surface area (Å²) in [6.45, 7) is 12.0. The van der Waals surface area contributed by atoms with E-state index in [-0.39, 0.29) is 0 Å². The standard InChI is InChI=1S/C22H30O5.C2H6/c1-3-19-8-10-20(11-9-19)25-16-17-27-22-7-5-6-21(18-22)26-15-14-24-13-12-23-4-2;1-2/h5-11,18H,3-4,12-17H2,1-2H3;1-2H3. The second-order valence-electron chi connectivity index (χ2n) is 5.83. The Hall–Kier alpha value is -2.24. The van der Waals surface area contributed by atoms with Crippen LogP contribution in [0.3, 0.4) is 0 Å². The average Bonchev–Trinajstić information content (AvgIpc) is 2.78. The highest BCUT2D eigenvalue weighted by atomic mass is 16.5. The molecule has 0 aliphatic heterocycles. The maximum absolute atomic E-state index is 5.73. The molecular formula is C24H36O5. The predicted molar refractivity (Wildman–Crippen MR) is 117 cm³/mol. The van der Waals surface area contributed by atoms with Crippen LogP contribution in [-0.2, 0) is 15.9 Å². The van der Waals surface area contributed by atoms with E-state index in [0.717, 1.165) is 23.7 Å². The SMILES string of the molecule is CC.CCOCCOCCOc1cccc(OCCOc2ccc(CC)cc2)c1. The molecule has 0 N–H and O–H groups in total. The first-order valence-electron chi connectivity index (χ1n) is 10.5. The van der Waals surface area contributed by atoms with E-state index in [1.54, 1.807) is 0 Å². The van der Waals surface area contributed by atoms with Crippen LogP contribution in [0.1, 0.15) is 33.3 Å². The fourth-order valence-electron chi connectivity index (χ4n) is 2.38. The first-order chi connectivity index (χ1) is 14.3. The molecule has 5 nitrogen and oxygen atoms in total. The van der Waals surface area contributed by atoms with Gasteiger partial charge in [-0.25, -0.2) is 0 Å². The summed E-state index contributed by atoms with van der Waals surface area (Å²) in [5.74, 6) is 2.38. The molecule has 0 fully saturated rings. The molecule has 0 aromatic heterocycles. The second kappa shape index (κ2) is 16.7. The Bertz CT molecular complexity index is 627. The second-order valence-corrected chi connectivity index (χ2v) is 5.83. The zero-order valence-electron chi connectivity index (χ0n) is 18.3. The minimum absolute atomic E-state index is 0.472. The van der Waals surface area contributed by atoms with Crippen LogP contribution in [0.15, 0.2) is 48.5 Å². The Morgan fingerprint density at radius 3 is 1.69 bits per heavy atom. The van der Waals surface area contributed by atoms with E-state index in [9.17, 15) is 0 Å². The van der Waals surface area contributed by atoms with Crippen molar-refractivity contribution < 1.29 is 23.7 Å². The summed E-state index contributed by atoms with van der Waals surface area (Å²) in [5, 5.41) is 0. The van der Waals surface area contributed by atoms with E-state index in [0.29, 0.717) is 46.2 Å². The van der Waals surface area contributed by atoms with Crippen LogP contribution >= 0.6 is 0 Å². The quantitative estimate of drug-likeness (QED) is 0.407. The van der Waals surface area contributed by atoms with E-state index in [2.05, 4.69) is 19.1 Å². The third-order valence-electron chi connectivity index (χ3n) is 3.83. The number of hydrogen-bond donors (Lipinski definition) is 0. The van der Waals surface area contributed by atoms with E-state index in [1.165, 1.54) is 5.56 Å². The highest BCUT2D eigenvalue weighted by molar-refractivity contribution is 5.33. The minimum Gasteiger partial charge on any atom is -0.491 e. The van der Waals surface area contributed by atoms with Crippen LogP contribution in [0.25, 0.3) is 0 Å². The number of aryl methyl sites for hydroxylation is 1. The molecule has 0 aliphatic rings. The molecular weight excluding hydrogens is 368 g/mol. The maximum Gasteiger partial charge on any atom is 0.123 e. The van der Waals surface area contributed by atoms with Gasteiger partial charge in [-0.2, -0.15) is 0 Å². The lowest BCUT2D eigenvalue weighted by atomic mass is 10.2. The van der Waals surface area contributed by atoms with Gasteiger partial charge in [-0.05, 0) is 43.2 Å². The van der Waals surface area contributed by atoms with Crippen LogP contribution in [0.4, 0.5) is 0 Å². The van der Waals surface area contributed by atoms with E-state index < -0.39 is 0 Å². The van der Waals surface area contributed by atoms with Crippen LogP contribution < -0.4 is 14.2 Å². The lowest BCUT2D eigenvalue weighted by Crippen LogP contribution is -2.11. The van der Waals surface area contributed by atoms with Crippen molar-refractivity contribution in [3.05, 3.63) is 54.1 Å². The van der Waals surface area contributed by atoms with Gasteiger partial charge in [0.15, 0.2) is 0 Å². The summed E-state index contributed by atoms with van der Waals surface area (Å²) in [6, 6.07) is 15.7. The first kappa shape index (κ1) is 24.8. The normalized spacial score (nSPS) is 10.1. The van der Waals surface area contributed by atoms with Gasteiger partial charge in [0.1, 0.15) is 37.1 Å². The summed E-state index contributed by atoms with van der Waals surface area (Å²) in [4.78, 5) is 0. The van der Waals surface area contributed by atoms with Gasteiger partial charge < -0.3 is 23.7 Å². The largest absolute Gasteiger partial charge is 0.491 e. The molecule has 0 unspecified atom stereocenters.